The third kappa shape index (κ3) is 11.0. The first-order valence-electron chi connectivity index (χ1n) is 14.5. The number of nitrogens with two attached hydrogens (primary N) is 2. The highest BCUT2D eigenvalue weighted by Crippen LogP contribution is 2.16. The first-order valence-corrected chi connectivity index (χ1v) is 16.2. The Labute approximate surface area is 270 Å². The number of hydrogen-bond donors (Lipinski definition) is 5. The molecule has 0 bridgehead atoms. The number of fused-ring (bicyclic) bond motifs is 1. The standard InChI is InChI=1S/C28H37N9O9S/c1-4-44-21(38)12-11-19(26(40)45-5-2)37-47(42,43)15-20(27(41)46-6-3)34-25(39)16-7-9-17(10-8-16)31-13-18-14-32-24-22(33-18)23(29)35-28(30)36-24/h7-10,14,19-20,31,37H,4-6,11-13,15H2,1-3H3,(H,34,39)(H4,29,30,32,35,36). The van der Waals surface area contributed by atoms with Gasteiger partial charge in [-0.25, -0.2) is 27.9 Å². The summed E-state index contributed by atoms with van der Waals surface area (Å²) < 4.78 is 43.0. The van der Waals surface area contributed by atoms with Crippen molar-refractivity contribution >= 4 is 62.5 Å². The molecule has 0 aliphatic rings. The smallest absolute Gasteiger partial charge is 0.329 e. The fraction of sp³-hybridized carbons (Fsp3) is 0.429. The number of ether oxygens (including phenoxy) is 3. The van der Waals surface area contributed by atoms with Gasteiger partial charge >= 0.3 is 17.9 Å². The predicted molar refractivity (Wildman–Crippen MR) is 169 cm³/mol. The Kier molecular flexibility index (Phi) is 13.1. The number of benzene rings is 1. The van der Waals surface area contributed by atoms with E-state index >= 15 is 0 Å². The SMILES string of the molecule is CCOC(=O)CCC(NS(=O)(=O)CC(NC(=O)c1ccc(NCc2cnc3nc(N)nc(N)c3n2)cc1)C(=O)OCC)C(=O)OCC. The van der Waals surface area contributed by atoms with Crippen LogP contribution in [-0.2, 0) is 45.2 Å². The molecular weight excluding hydrogens is 638 g/mol. The van der Waals surface area contributed by atoms with Crippen LogP contribution < -0.4 is 26.8 Å². The predicted octanol–water partition coefficient (Wildman–Crippen LogP) is 0.0522. The van der Waals surface area contributed by atoms with Gasteiger partial charge in [0.15, 0.2) is 17.0 Å². The van der Waals surface area contributed by atoms with Crippen molar-refractivity contribution in [3.63, 3.8) is 0 Å². The summed E-state index contributed by atoms with van der Waals surface area (Å²) in [4.78, 5) is 66.4. The topological polar surface area (TPSA) is 270 Å². The maximum absolute atomic E-state index is 13.1. The molecule has 0 aliphatic heterocycles. The van der Waals surface area contributed by atoms with Crippen LogP contribution in [0.5, 0.6) is 0 Å². The number of nitrogens with zero attached hydrogens (tertiary/aromatic N) is 4. The molecule has 3 aromatic rings. The van der Waals surface area contributed by atoms with E-state index in [9.17, 15) is 27.6 Å². The van der Waals surface area contributed by atoms with E-state index in [1.165, 1.54) is 32.2 Å². The van der Waals surface area contributed by atoms with Crippen molar-refractivity contribution in [2.24, 2.45) is 0 Å². The largest absolute Gasteiger partial charge is 0.466 e. The van der Waals surface area contributed by atoms with Crippen LogP contribution in [0.1, 0.15) is 49.7 Å². The fourth-order valence-electron chi connectivity index (χ4n) is 4.10. The fourth-order valence-corrected chi connectivity index (χ4v) is 5.50. The number of carbonyl (C=O) groups is 4. The number of carbonyl (C=O) groups excluding carboxylic acids is 4. The van der Waals surface area contributed by atoms with Crippen LogP contribution >= 0.6 is 0 Å². The van der Waals surface area contributed by atoms with Gasteiger partial charge < -0.3 is 36.3 Å². The van der Waals surface area contributed by atoms with Crippen LogP contribution in [0.15, 0.2) is 30.5 Å². The van der Waals surface area contributed by atoms with Crippen molar-refractivity contribution < 1.29 is 41.8 Å². The van der Waals surface area contributed by atoms with Crippen LogP contribution in [0.2, 0.25) is 0 Å². The molecule has 2 atom stereocenters. The Morgan fingerprint density at radius 2 is 1.51 bits per heavy atom. The number of esters is 3. The van der Waals surface area contributed by atoms with Crippen molar-refractivity contribution in [1.82, 2.24) is 30.0 Å². The number of rotatable bonds is 17. The molecule has 19 heteroatoms. The second-order valence-corrected chi connectivity index (χ2v) is 11.6. The minimum atomic E-state index is -4.42. The van der Waals surface area contributed by atoms with Gasteiger partial charge in [-0.3, -0.25) is 14.4 Å². The molecule has 0 radical (unpaired) electrons. The Balaban J connectivity index is 1.67. The van der Waals surface area contributed by atoms with Gasteiger partial charge in [0.25, 0.3) is 5.91 Å². The van der Waals surface area contributed by atoms with Crippen LogP contribution in [-0.4, -0.2) is 89.8 Å². The first kappa shape index (κ1) is 36.3. The molecule has 0 fully saturated rings. The van der Waals surface area contributed by atoms with Crippen LogP contribution in [0.25, 0.3) is 11.2 Å². The van der Waals surface area contributed by atoms with Gasteiger partial charge in [-0.05, 0) is 51.5 Å². The van der Waals surface area contributed by atoms with E-state index in [4.69, 9.17) is 25.7 Å². The zero-order valence-electron chi connectivity index (χ0n) is 26.0. The number of nitrogens with one attached hydrogen (secondary N) is 3. The van der Waals surface area contributed by atoms with Gasteiger partial charge in [-0.1, -0.05) is 0 Å². The van der Waals surface area contributed by atoms with E-state index in [0.717, 1.165) is 0 Å². The molecule has 254 valence electrons. The summed E-state index contributed by atoms with van der Waals surface area (Å²) in [5.41, 5.74) is 13.2. The number of nitrogen functional groups attached to an aromatic ring is 2. The normalized spacial score (nSPS) is 12.5. The Bertz CT molecular complexity index is 1690. The second-order valence-electron chi connectivity index (χ2n) is 9.76. The molecular formula is C28H37N9O9S. The monoisotopic (exact) mass is 675 g/mol. The maximum atomic E-state index is 13.1. The second kappa shape index (κ2) is 16.9. The van der Waals surface area contributed by atoms with Gasteiger partial charge in [-0.15, -0.1) is 0 Å². The molecule has 0 spiro atoms. The van der Waals surface area contributed by atoms with Crippen molar-refractivity contribution in [2.45, 2.75) is 52.2 Å². The molecule has 0 aliphatic carbocycles. The highest BCUT2D eigenvalue weighted by Gasteiger charge is 2.33. The van der Waals surface area contributed by atoms with Crippen molar-refractivity contribution in [3.05, 3.63) is 41.7 Å². The van der Waals surface area contributed by atoms with Gasteiger partial charge in [-0.2, -0.15) is 9.97 Å². The van der Waals surface area contributed by atoms with Crippen molar-refractivity contribution in [2.75, 3.05) is 42.4 Å². The lowest BCUT2D eigenvalue weighted by Crippen LogP contribution is -2.51. The first-order chi connectivity index (χ1) is 22.3. The summed E-state index contributed by atoms with van der Waals surface area (Å²) in [6, 6.07) is 3.02. The lowest BCUT2D eigenvalue weighted by atomic mass is 10.1. The summed E-state index contributed by atoms with van der Waals surface area (Å²) >= 11 is 0. The quantitative estimate of drug-likeness (QED) is 0.0934. The van der Waals surface area contributed by atoms with E-state index < -0.39 is 51.7 Å². The number of hydrogen-bond acceptors (Lipinski definition) is 16. The Morgan fingerprint density at radius 1 is 0.872 bits per heavy atom. The third-order valence-electron chi connectivity index (χ3n) is 6.22. The van der Waals surface area contributed by atoms with Gasteiger partial charge in [0.05, 0.1) is 44.0 Å². The van der Waals surface area contributed by atoms with Gasteiger partial charge in [0.2, 0.25) is 16.0 Å². The van der Waals surface area contributed by atoms with E-state index in [2.05, 4.69) is 35.3 Å². The average molecular weight is 676 g/mol. The van der Waals surface area contributed by atoms with Crippen molar-refractivity contribution in [3.8, 4) is 0 Å². The Hall–Kier alpha value is -5.17. The third-order valence-corrected chi connectivity index (χ3v) is 7.64. The minimum absolute atomic E-state index is 0.0170. The highest BCUT2D eigenvalue weighted by molar-refractivity contribution is 7.89. The molecule has 18 nitrogen and oxygen atoms in total. The number of sulfonamides is 1. The van der Waals surface area contributed by atoms with E-state index in [1.807, 2.05) is 0 Å². The lowest BCUT2D eigenvalue weighted by molar-refractivity contribution is -0.147. The molecule has 0 saturated heterocycles. The van der Waals surface area contributed by atoms with Gasteiger partial charge in [0.1, 0.15) is 12.1 Å². The zero-order chi connectivity index (χ0) is 34.6. The number of amides is 1. The summed E-state index contributed by atoms with van der Waals surface area (Å²) in [6.45, 7) is 4.88. The molecule has 3 rings (SSSR count). The summed E-state index contributed by atoms with van der Waals surface area (Å²) in [6.07, 6.45) is 0.979. The average Bonchev–Trinajstić information content (AvgIpc) is 3.02. The van der Waals surface area contributed by atoms with E-state index in [1.54, 1.807) is 19.1 Å². The molecule has 1 amide bonds. The van der Waals surface area contributed by atoms with E-state index in [-0.39, 0.29) is 62.2 Å². The van der Waals surface area contributed by atoms with Crippen molar-refractivity contribution in [1.29, 1.82) is 0 Å². The molecule has 0 saturated carbocycles. The van der Waals surface area contributed by atoms with Crippen LogP contribution in [0, 0.1) is 0 Å². The van der Waals surface area contributed by atoms with Crippen LogP contribution in [0.4, 0.5) is 17.5 Å². The summed E-state index contributed by atoms with van der Waals surface area (Å²) in [5.74, 6) is -4.19. The molecule has 47 heavy (non-hydrogen) atoms. The molecule has 7 N–H and O–H groups in total. The van der Waals surface area contributed by atoms with E-state index in [0.29, 0.717) is 16.9 Å². The molecule has 2 heterocycles. The summed E-state index contributed by atoms with van der Waals surface area (Å²) in [5, 5.41) is 5.50. The van der Waals surface area contributed by atoms with Crippen LogP contribution in [0.3, 0.4) is 0 Å². The number of anilines is 3. The van der Waals surface area contributed by atoms with Gasteiger partial charge in [0, 0.05) is 17.7 Å². The Morgan fingerprint density at radius 3 is 2.15 bits per heavy atom. The highest BCUT2D eigenvalue weighted by atomic mass is 32.2. The summed E-state index contributed by atoms with van der Waals surface area (Å²) in [7, 11) is -4.42. The minimum Gasteiger partial charge on any atom is -0.466 e. The molecule has 1 aromatic carbocycles. The number of aromatic nitrogens is 4. The maximum Gasteiger partial charge on any atom is 0.329 e. The lowest BCUT2D eigenvalue weighted by Gasteiger charge is -2.21. The molecule has 2 aromatic heterocycles. The zero-order valence-corrected chi connectivity index (χ0v) is 26.8. The molecule has 2 unspecified atom stereocenters.